The second-order valence-corrected chi connectivity index (χ2v) is 9.74. The van der Waals surface area contributed by atoms with Crippen molar-refractivity contribution < 1.29 is 23.2 Å². The summed E-state index contributed by atoms with van der Waals surface area (Å²) in [7, 11) is 0. The zero-order valence-corrected chi connectivity index (χ0v) is 21.5. The van der Waals surface area contributed by atoms with E-state index in [4.69, 9.17) is 5.73 Å². The van der Waals surface area contributed by atoms with E-state index >= 15 is 0 Å². The number of aliphatic hydroxyl groups excluding tert-OH is 1. The molecule has 4 rings (SSSR count). The number of carbonyl (C=O) groups is 1. The Kier molecular flexibility index (Phi) is 8.84. The van der Waals surface area contributed by atoms with Gasteiger partial charge in [0.05, 0.1) is 0 Å². The first-order chi connectivity index (χ1) is 18.3. The molecule has 3 aromatic carbocycles. The lowest BCUT2D eigenvalue weighted by Crippen LogP contribution is -2.59. The largest absolute Gasteiger partial charge is 0.386 e. The SMILES string of the molecule is CCc1cccc(CNCC(O)C(Cc2cc(F)cc(F)c2)[N+]2(CC(N)=O)C=CC=C2c2ccccc2)c1. The van der Waals surface area contributed by atoms with Gasteiger partial charge in [-0.1, -0.05) is 49.4 Å². The van der Waals surface area contributed by atoms with E-state index in [0.29, 0.717) is 12.1 Å². The Morgan fingerprint density at radius 2 is 1.68 bits per heavy atom. The minimum absolute atomic E-state index is 0.0638. The van der Waals surface area contributed by atoms with Gasteiger partial charge in [-0.25, -0.2) is 8.78 Å². The van der Waals surface area contributed by atoms with E-state index < -0.39 is 29.7 Å². The Balaban J connectivity index is 1.68. The number of nitrogens with two attached hydrogens (primary N) is 1. The summed E-state index contributed by atoms with van der Waals surface area (Å²) in [6, 6.07) is 20.4. The molecule has 38 heavy (non-hydrogen) atoms. The van der Waals surface area contributed by atoms with Crippen LogP contribution in [0.3, 0.4) is 0 Å². The average molecular weight is 519 g/mol. The average Bonchev–Trinajstić information content (AvgIpc) is 3.30. The van der Waals surface area contributed by atoms with Crippen LogP contribution in [0.1, 0.15) is 29.2 Å². The highest BCUT2D eigenvalue weighted by Gasteiger charge is 2.46. The smallest absolute Gasteiger partial charge is 0.273 e. The van der Waals surface area contributed by atoms with Crippen molar-refractivity contribution in [2.75, 3.05) is 13.1 Å². The molecular formula is C31H34F2N3O2+. The molecular weight excluding hydrogens is 484 g/mol. The van der Waals surface area contributed by atoms with E-state index in [9.17, 15) is 18.7 Å². The second-order valence-electron chi connectivity index (χ2n) is 9.74. The molecule has 0 spiro atoms. The van der Waals surface area contributed by atoms with Crippen molar-refractivity contribution in [2.24, 2.45) is 5.73 Å². The normalized spacial score (nSPS) is 18.3. The Labute approximate surface area is 222 Å². The van der Waals surface area contributed by atoms with Crippen LogP contribution in [0.4, 0.5) is 8.78 Å². The lowest BCUT2D eigenvalue weighted by atomic mass is 9.94. The molecule has 7 heteroatoms. The number of halogens is 2. The molecule has 0 saturated carbocycles. The number of hydrogen-bond acceptors (Lipinski definition) is 3. The van der Waals surface area contributed by atoms with Gasteiger partial charge in [-0.2, -0.15) is 0 Å². The summed E-state index contributed by atoms with van der Waals surface area (Å²) >= 11 is 0. The highest BCUT2D eigenvalue weighted by atomic mass is 19.1. The summed E-state index contributed by atoms with van der Waals surface area (Å²) in [5, 5.41) is 14.9. The van der Waals surface area contributed by atoms with Gasteiger partial charge in [0.15, 0.2) is 6.54 Å². The minimum Gasteiger partial charge on any atom is -0.386 e. The molecule has 3 atom stereocenters. The molecule has 3 unspecified atom stereocenters. The molecule has 0 aromatic heterocycles. The molecule has 1 heterocycles. The fraction of sp³-hybridized carbons (Fsp3) is 0.258. The van der Waals surface area contributed by atoms with Gasteiger partial charge < -0.3 is 16.2 Å². The molecule has 0 fully saturated rings. The third kappa shape index (κ3) is 6.42. The maximum atomic E-state index is 14.1. The van der Waals surface area contributed by atoms with Crippen molar-refractivity contribution in [3.63, 3.8) is 0 Å². The van der Waals surface area contributed by atoms with E-state index in [-0.39, 0.29) is 24.0 Å². The van der Waals surface area contributed by atoms with E-state index in [1.54, 1.807) is 0 Å². The summed E-state index contributed by atoms with van der Waals surface area (Å²) in [6.45, 7) is 2.72. The van der Waals surface area contributed by atoms with Crippen LogP contribution in [-0.4, -0.2) is 40.7 Å². The number of hydrogen-bond donors (Lipinski definition) is 3. The van der Waals surface area contributed by atoms with Gasteiger partial charge in [0.2, 0.25) is 0 Å². The first-order valence-corrected chi connectivity index (χ1v) is 12.8. The zero-order chi connectivity index (χ0) is 27.1. The fourth-order valence-electron chi connectivity index (χ4n) is 5.29. The standard InChI is InChI=1S/C31H33F2N3O2/c1-2-22-8-6-9-23(14-22)19-35-20-30(37)29(17-24-15-26(32)18-27(33)16-24)36(21-31(34)38)13-7-12-28(36)25-10-4-3-5-11-25/h3-16,18,29-30,35,37H,2,17,19-21H2,1H3,(H-,34,38)/p+1. The number of nitrogens with one attached hydrogen (secondary N) is 1. The quantitative estimate of drug-likeness (QED) is 0.310. The van der Waals surface area contributed by atoms with Crippen molar-refractivity contribution in [2.45, 2.75) is 38.5 Å². The van der Waals surface area contributed by atoms with Crippen LogP contribution in [0.25, 0.3) is 5.70 Å². The topological polar surface area (TPSA) is 75.3 Å². The number of primary amides is 1. The first kappa shape index (κ1) is 27.4. The lowest BCUT2D eigenvalue weighted by Gasteiger charge is -2.42. The van der Waals surface area contributed by atoms with E-state index in [0.717, 1.165) is 29.3 Å². The van der Waals surface area contributed by atoms with Crippen molar-refractivity contribution in [3.8, 4) is 0 Å². The van der Waals surface area contributed by atoms with Crippen LogP contribution in [0, 0.1) is 11.6 Å². The number of carbonyl (C=O) groups excluding carboxylic acids is 1. The molecule has 0 saturated heterocycles. The Bertz CT molecular complexity index is 1310. The second kappa shape index (κ2) is 12.3. The minimum atomic E-state index is -0.982. The Hall–Kier alpha value is -3.65. The van der Waals surface area contributed by atoms with Crippen LogP contribution in [0.15, 0.2) is 91.1 Å². The van der Waals surface area contributed by atoms with E-state index in [1.807, 2.05) is 60.8 Å². The van der Waals surface area contributed by atoms with Gasteiger partial charge >= 0.3 is 0 Å². The predicted molar refractivity (Wildman–Crippen MR) is 145 cm³/mol. The number of allylic oxidation sites excluding steroid dienone is 2. The van der Waals surface area contributed by atoms with Crippen molar-refractivity contribution in [1.29, 1.82) is 0 Å². The van der Waals surface area contributed by atoms with Gasteiger partial charge in [0, 0.05) is 37.2 Å². The fourth-order valence-corrected chi connectivity index (χ4v) is 5.29. The molecule has 4 N–H and O–H groups in total. The Morgan fingerprint density at radius 1 is 0.974 bits per heavy atom. The van der Waals surface area contributed by atoms with Crippen LogP contribution in [0.5, 0.6) is 0 Å². The van der Waals surface area contributed by atoms with E-state index in [2.05, 4.69) is 24.4 Å². The summed E-state index contributed by atoms with van der Waals surface area (Å²) in [4.78, 5) is 12.4. The van der Waals surface area contributed by atoms with Gasteiger partial charge in [-0.05, 0) is 53.5 Å². The summed E-state index contributed by atoms with van der Waals surface area (Å²) in [5.74, 6) is -1.94. The first-order valence-electron chi connectivity index (χ1n) is 12.8. The van der Waals surface area contributed by atoms with Gasteiger partial charge in [-0.15, -0.1) is 0 Å². The molecule has 5 nitrogen and oxygen atoms in total. The number of rotatable bonds is 12. The molecule has 1 amide bonds. The van der Waals surface area contributed by atoms with Crippen LogP contribution < -0.4 is 11.1 Å². The highest BCUT2D eigenvalue weighted by molar-refractivity contribution is 5.77. The lowest BCUT2D eigenvalue weighted by molar-refractivity contribution is -0.829. The van der Waals surface area contributed by atoms with Gasteiger partial charge in [-0.3, -0.25) is 9.28 Å². The Morgan fingerprint density at radius 3 is 2.37 bits per heavy atom. The third-order valence-electron chi connectivity index (χ3n) is 7.03. The van der Waals surface area contributed by atoms with Crippen LogP contribution >= 0.6 is 0 Å². The molecule has 1 aliphatic heterocycles. The maximum absolute atomic E-state index is 14.1. The van der Waals surface area contributed by atoms with Crippen LogP contribution in [-0.2, 0) is 24.2 Å². The summed E-state index contributed by atoms with van der Waals surface area (Å²) < 4.78 is 28.2. The van der Waals surface area contributed by atoms with Crippen molar-refractivity contribution >= 4 is 11.6 Å². The monoisotopic (exact) mass is 518 g/mol. The third-order valence-corrected chi connectivity index (χ3v) is 7.03. The highest BCUT2D eigenvalue weighted by Crippen LogP contribution is 2.38. The number of benzene rings is 3. The predicted octanol–water partition coefficient (Wildman–Crippen LogP) is 4.46. The van der Waals surface area contributed by atoms with Crippen molar-refractivity contribution in [3.05, 3.63) is 125 Å². The van der Waals surface area contributed by atoms with Gasteiger partial charge in [0.25, 0.3) is 5.91 Å². The van der Waals surface area contributed by atoms with E-state index in [1.165, 1.54) is 17.7 Å². The molecule has 0 bridgehead atoms. The summed E-state index contributed by atoms with van der Waals surface area (Å²) in [6.07, 6.45) is 5.63. The summed E-state index contributed by atoms with van der Waals surface area (Å²) in [5.41, 5.74) is 10.1. The van der Waals surface area contributed by atoms with Crippen LogP contribution in [0.2, 0.25) is 0 Å². The van der Waals surface area contributed by atoms with Gasteiger partial charge in [0.1, 0.15) is 35.7 Å². The molecule has 3 aromatic rings. The molecule has 198 valence electrons. The zero-order valence-electron chi connectivity index (χ0n) is 21.5. The molecule has 0 radical (unpaired) electrons. The molecule has 0 aliphatic carbocycles. The number of amides is 1. The number of nitrogens with zero attached hydrogens (tertiary/aromatic N) is 1. The number of aryl methyl sites for hydroxylation is 1. The molecule has 1 aliphatic rings. The number of quaternary nitrogens is 1. The maximum Gasteiger partial charge on any atom is 0.273 e. The van der Waals surface area contributed by atoms with Crippen molar-refractivity contribution in [1.82, 2.24) is 5.32 Å². The number of aliphatic hydroxyl groups is 1.